The van der Waals surface area contributed by atoms with Gasteiger partial charge in [-0.05, 0) is 37.4 Å². The molecule has 0 spiro atoms. The van der Waals surface area contributed by atoms with Gasteiger partial charge in [-0.3, -0.25) is 4.79 Å². The van der Waals surface area contributed by atoms with Crippen molar-refractivity contribution in [1.29, 1.82) is 0 Å². The Labute approximate surface area is 185 Å². The molecule has 1 amide bonds. The van der Waals surface area contributed by atoms with Gasteiger partial charge in [-0.2, -0.15) is 0 Å². The summed E-state index contributed by atoms with van der Waals surface area (Å²) < 4.78 is 11.2. The Morgan fingerprint density at radius 3 is 2.41 bits per heavy atom. The number of nitrogens with two attached hydrogens (primary N) is 1. The first-order chi connectivity index (χ1) is 13.0. The van der Waals surface area contributed by atoms with E-state index in [0.29, 0.717) is 24.7 Å². The van der Waals surface area contributed by atoms with E-state index in [1.165, 1.54) is 0 Å². The maximum absolute atomic E-state index is 12.2. The summed E-state index contributed by atoms with van der Waals surface area (Å²) >= 11 is 0. The van der Waals surface area contributed by atoms with Crippen molar-refractivity contribution in [2.45, 2.75) is 19.0 Å². The number of ether oxygens (including phenoxy) is 2. The highest BCUT2D eigenvalue weighted by molar-refractivity contribution is 5.85. The summed E-state index contributed by atoms with van der Waals surface area (Å²) in [5.41, 5.74) is 7.99. The minimum atomic E-state index is -0.312. The third-order valence-corrected chi connectivity index (χ3v) is 4.15. The van der Waals surface area contributed by atoms with E-state index >= 15 is 0 Å². The lowest BCUT2D eigenvalue weighted by Crippen LogP contribution is -2.27. The highest BCUT2D eigenvalue weighted by Crippen LogP contribution is 2.28. The number of methoxy groups -OCH3 is 1. The van der Waals surface area contributed by atoms with Gasteiger partial charge in [-0.15, -0.1) is 24.8 Å². The molecule has 0 fully saturated rings. The lowest BCUT2D eigenvalue weighted by atomic mass is 10.0. The number of hydrogen-bond acceptors (Lipinski definition) is 5. The van der Waals surface area contributed by atoms with Crippen LogP contribution in [0.25, 0.3) is 0 Å². The Hall–Kier alpha value is -1.99. The largest absolute Gasteiger partial charge is 0.493 e. The van der Waals surface area contributed by atoms with Gasteiger partial charge in [-0.1, -0.05) is 36.4 Å². The summed E-state index contributed by atoms with van der Waals surface area (Å²) in [4.78, 5) is 14.2. The molecule has 0 radical (unpaired) electrons. The van der Waals surface area contributed by atoms with Crippen LogP contribution < -0.4 is 20.5 Å². The molecule has 162 valence electrons. The number of carbonyl (C=O) groups excluding carboxylic acids is 1. The van der Waals surface area contributed by atoms with Crippen LogP contribution in [0, 0.1) is 0 Å². The lowest BCUT2D eigenvalue weighted by molar-refractivity contribution is -0.121. The molecule has 0 aliphatic carbocycles. The zero-order valence-electron chi connectivity index (χ0n) is 17.1. The summed E-state index contributed by atoms with van der Waals surface area (Å²) in [6.07, 6.45) is 0.243. The van der Waals surface area contributed by atoms with Crippen molar-refractivity contribution in [2.75, 3.05) is 34.4 Å². The first kappa shape index (κ1) is 27.0. The van der Waals surface area contributed by atoms with Crippen LogP contribution in [0.15, 0.2) is 48.5 Å². The Kier molecular flexibility index (Phi) is 13.1. The van der Waals surface area contributed by atoms with Gasteiger partial charge in [0.2, 0.25) is 5.91 Å². The van der Waals surface area contributed by atoms with Gasteiger partial charge in [0.25, 0.3) is 0 Å². The molecule has 0 aliphatic rings. The van der Waals surface area contributed by atoms with E-state index in [9.17, 15) is 4.79 Å². The zero-order valence-corrected chi connectivity index (χ0v) is 18.7. The smallest absolute Gasteiger partial charge is 0.222 e. The number of rotatable bonds is 10. The van der Waals surface area contributed by atoms with Gasteiger partial charge in [0.1, 0.15) is 6.61 Å². The minimum absolute atomic E-state index is 0. The second kappa shape index (κ2) is 14.1. The molecule has 0 saturated carbocycles. The quantitative estimate of drug-likeness (QED) is 0.589. The third-order valence-electron chi connectivity index (χ3n) is 4.15. The predicted octanol–water partition coefficient (Wildman–Crippen LogP) is 3.19. The maximum Gasteiger partial charge on any atom is 0.222 e. The van der Waals surface area contributed by atoms with Gasteiger partial charge in [0, 0.05) is 25.6 Å². The summed E-state index contributed by atoms with van der Waals surface area (Å²) in [5, 5.41) is 2.91. The molecule has 0 bridgehead atoms. The standard InChI is InChI=1S/C21H29N3O3.2ClH/c1-24(2)11-12-27-19-10-9-16(13-20(19)26-3)15-23-21(25)14-18(22)17-7-5-4-6-8-17;;/h4-10,13,18H,11-12,14-15,22H2,1-3H3,(H,23,25);2*1H. The normalized spacial score (nSPS) is 11.1. The van der Waals surface area contributed by atoms with Crippen LogP contribution in [0.3, 0.4) is 0 Å². The van der Waals surface area contributed by atoms with E-state index in [1.54, 1.807) is 7.11 Å². The van der Waals surface area contributed by atoms with Crippen molar-refractivity contribution in [2.24, 2.45) is 5.73 Å². The summed E-state index contributed by atoms with van der Waals surface area (Å²) in [6.45, 7) is 1.81. The lowest BCUT2D eigenvalue weighted by Gasteiger charge is -2.15. The van der Waals surface area contributed by atoms with E-state index in [-0.39, 0.29) is 43.2 Å². The molecule has 1 unspecified atom stereocenters. The highest BCUT2D eigenvalue weighted by Gasteiger charge is 2.12. The summed E-state index contributed by atoms with van der Waals surface area (Å²) in [7, 11) is 5.60. The number of hydrogen-bond donors (Lipinski definition) is 2. The van der Waals surface area contributed by atoms with Gasteiger partial charge < -0.3 is 25.4 Å². The molecule has 0 heterocycles. The second-order valence-electron chi connectivity index (χ2n) is 6.63. The van der Waals surface area contributed by atoms with Crippen LogP contribution in [-0.2, 0) is 11.3 Å². The van der Waals surface area contributed by atoms with Crippen molar-refractivity contribution in [1.82, 2.24) is 10.2 Å². The molecule has 1 atom stereocenters. The number of amides is 1. The van der Waals surface area contributed by atoms with Crippen molar-refractivity contribution in [3.63, 3.8) is 0 Å². The topological polar surface area (TPSA) is 76.8 Å². The Morgan fingerprint density at radius 1 is 1.10 bits per heavy atom. The molecular weight excluding hydrogens is 413 g/mol. The fourth-order valence-corrected chi connectivity index (χ4v) is 2.57. The average Bonchev–Trinajstić information content (AvgIpc) is 2.67. The molecule has 2 aromatic rings. The molecule has 6 nitrogen and oxygen atoms in total. The number of likely N-dealkylation sites (N-methyl/N-ethyl adjacent to an activating group) is 1. The van der Waals surface area contributed by atoms with Crippen LogP contribution in [0.1, 0.15) is 23.6 Å². The van der Waals surface area contributed by atoms with Crippen LogP contribution >= 0.6 is 24.8 Å². The van der Waals surface area contributed by atoms with E-state index < -0.39 is 0 Å². The predicted molar refractivity (Wildman–Crippen MR) is 121 cm³/mol. The molecular formula is C21H31Cl2N3O3. The maximum atomic E-state index is 12.2. The van der Waals surface area contributed by atoms with Crippen LogP contribution in [0.5, 0.6) is 11.5 Å². The molecule has 0 aromatic heterocycles. The van der Waals surface area contributed by atoms with E-state index in [2.05, 4.69) is 10.2 Å². The minimum Gasteiger partial charge on any atom is -0.493 e. The fraction of sp³-hybridized carbons (Fsp3) is 0.381. The monoisotopic (exact) mass is 443 g/mol. The van der Waals surface area contributed by atoms with Gasteiger partial charge >= 0.3 is 0 Å². The van der Waals surface area contributed by atoms with E-state index in [4.69, 9.17) is 15.2 Å². The summed E-state index contributed by atoms with van der Waals surface area (Å²) in [5.74, 6) is 1.26. The third kappa shape index (κ3) is 9.37. The van der Waals surface area contributed by atoms with Crippen molar-refractivity contribution in [3.05, 3.63) is 59.7 Å². The molecule has 3 N–H and O–H groups in total. The summed E-state index contributed by atoms with van der Waals surface area (Å²) in [6, 6.07) is 15.0. The van der Waals surface area contributed by atoms with Crippen LogP contribution in [0.2, 0.25) is 0 Å². The zero-order chi connectivity index (χ0) is 19.6. The SMILES string of the molecule is COc1cc(CNC(=O)CC(N)c2ccccc2)ccc1OCCN(C)C.Cl.Cl. The average molecular weight is 444 g/mol. The number of halogens is 2. The second-order valence-corrected chi connectivity index (χ2v) is 6.63. The first-order valence-corrected chi connectivity index (χ1v) is 9.01. The molecule has 2 aromatic carbocycles. The Morgan fingerprint density at radius 2 is 1.79 bits per heavy atom. The van der Waals surface area contributed by atoms with Gasteiger partial charge in [0.05, 0.1) is 7.11 Å². The van der Waals surface area contributed by atoms with Crippen molar-refractivity contribution < 1.29 is 14.3 Å². The van der Waals surface area contributed by atoms with Crippen LogP contribution in [-0.4, -0.2) is 45.2 Å². The molecule has 0 aliphatic heterocycles. The highest BCUT2D eigenvalue weighted by atomic mass is 35.5. The van der Waals surface area contributed by atoms with Gasteiger partial charge in [0.15, 0.2) is 11.5 Å². The first-order valence-electron chi connectivity index (χ1n) is 9.01. The fourth-order valence-electron chi connectivity index (χ4n) is 2.57. The van der Waals surface area contributed by atoms with E-state index in [0.717, 1.165) is 17.7 Å². The molecule has 8 heteroatoms. The molecule has 29 heavy (non-hydrogen) atoms. The number of nitrogens with one attached hydrogen (secondary N) is 1. The Bertz CT molecular complexity index is 730. The number of carbonyl (C=O) groups is 1. The van der Waals surface area contributed by atoms with Crippen molar-refractivity contribution >= 4 is 30.7 Å². The molecule has 0 saturated heterocycles. The Balaban J connectivity index is 0.00000392. The van der Waals surface area contributed by atoms with Crippen molar-refractivity contribution in [3.8, 4) is 11.5 Å². The number of nitrogens with zero attached hydrogens (tertiary/aromatic N) is 1. The van der Waals surface area contributed by atoms with E-state index in [1.807, 2.05) is 62.6 Å². The molecule has 2 rings (SSSR count). The van der Waals surface area contributed by atoms with Gasteiger partial charge in [-0.25, -0.2) is 0 Å². The van der Waals surface area contributed by atoms with Crippen LogP contribution in [0.4, 0.5) is 0 Å². The number of benzene rings is 2.